The van der Waals surface area contributed by atoms with Crippen LogP contribution < -0.4 is 0 Å². The van der Waals surface area contributed by atoms with Crippen molar-refractivity contribution in [3.05, 3.63) is 59.9 Å². The van der Waals surface area contributed by atoms with Gasteiger partial charge < -0.3 is 9.47 Å². The molecule has 4 rings (SSSR count). The molecule has 5 unspecified atom stereocenters. The van der Waals surface area contributed by atoms with Gasteiger partial charge in [0.15, 0.2) is 5.60 Å². The van der Waals surface area contributed by atoms with Gasteiger partial charge in [-0.05, 0) is 37.5 Å². The quantitative estimate of drug-likeness (QED) is 0.471. The van der Waals surface area contributed by atoms with Crippen molar-refractivity contribution in [1.82, 2.24) is 4.98 Å². The molecule has 0 spiro atoms. The molecule has 35 heavy (non-hydrogen) atoms. The van der Waals surface area contributed by atoms with E-state index in [0.717, 1.165) is 11.1 Å². The Balaban J connectivity index is 1.74. The fraction of sp³-hybridized carbons (Fsp3) is 0.464. The molecule has 2 aliphatic rings. The van der Waals surface area contributed by atoms with Crippen molar-refractivity contribution in [2.45, 2.75) is 57.7 Å². The Bertz CT molecular complexity index is 1170. The lowest BCUT2D eigenvalue weighted by atomic mass is 9.50. The normalized spacial score (nSPS) is 31.7. The van der Waals surface area contributed by atoms with E-state index < -0.39 is 47.3 Å². The number of hydrogen-bond acceptors (Lipinski definition) is 5. The first-order valence-electron chi connectivity index (χ1n) is 11.9. The molecule has 5 atom stereocenters. The van der Waals surface area contributed by atoms with E-state index in [-0.39, 0.29) is 0 Å². The Morgan fingerprint density at radius 2 is 2.00 bits per heavy atom. The van der Waals surface area contributed by atoms with Crippen LogP contribution >= 0.6 is 0 Å². The van der Waals surface area contributed by atoms with Crippen LogP contribution in [0.5, 0.6) is 0 Å². The fourth-order valence-electron chi connectivity index (χ4n) is 6.23. The van der Waals surface area contributed by atoms with Crippen LogP contribution in [-0.4, -0.2) is 35.7 Å². The molecule has 2 aromatic rings. The van der Waals surface area contributed by atoms with Crippen LogP contribution in [0.25, 0.3) is 17.2 Å². The second-order valence-electron chi connectivity index (χ2n) is 9.61. The van der Waals surface area contributed by atoms with Crippen molar-refractivity contribution in [2.24, 2.45) is 17.3 Å². The zero-order valence-electron chi connectivity index (χ0n) is 20.4. The lowest BCUT2D eigenvalue weighted by molar-refractivity contribution is -0.234. The maximum atomic E-state index is 15.3. The summed E-state index contributed by atoms with van der Waals surface area (Å²) in [6, 6.07) is 13.1. The van der Waals surface area contributed by atoms with Gasteiger partial charge in [-0.2, -0.15) is 5.26 Å². The van der Waals surface area contributed by atoms with Gasteiger partial charge in [-0.3, -0.25) is 4.98 Å². The summed E-state index contributed by atoms with van der Waals surface area (Å²) in [4.78, 5) is 17.4. The molecule has 0 amide bonds. The largest absolute Gasteiger partial charge is 0.460 e. The van der Waals surface area contributed by atoms with E-state index in [1.165, 1.54) is 14.0 Å². The highest BCUT2D eigenvalue weighted by molar-refractivity contribution is 5.84. The van der Waals surface area contributed by atoms with Crippen LogP contribution in [0.4, 0.5) is 8.78 Å². The number of cyclic esters (lactones) is 1. The standard InChI is InChI=1S/C28H30F2N2O3/c1-5-14-26-19(3)35-25(33)27(26,34-4)17-28(29,30)18(2)24(26)13-12-22-11-10-21(16-32-22)23-9-7-6-8-20(23)15-31/h6-13,16,18-19,24H,5,14,17H2,1-4H3. The molecule has 2 heterocycles. The monoisotopic (exact) mass is 480 g/mol. The SMILES string of the molecule is CCCC12C(C)OC(=O)C1(OC)CC(F)(F)C(C)C2C=Cc1ccc(-c2ccccc2C#N)cn1. The topological polar surface area (TPSA) is 72.2 Å². The third-order valence-corrected chi connectivity index (χ3v) is 8.01. The van der Waals surface area contributed by atoms with E-state index in [9.17, 15) is 10.1 Å². The van der Waals surface area contributed by atoms with Crippen molar-refractivity contribution in [3.63, 3.8) is 0 Å². The average molecular weight is 481 g/mol. The first-order chi connectivity index (χ1) is 16.7. The molecule has 184 valence electrons. The molecular weight excluding hydrogens is 450 g/mol. The zero-order chi connectivity index (χ0) is 25.4. The number of nitriles is 1. The lowest BCUT2D eigenvalue weighted by Crippen LogP contribution is -2.65. The lowest BCUT2D eigenvalue weighted by Gasteiger charge is -2.55. The molecule has 1 saturated carbocycles. The molecule has 1 aromatic carbocycles. The Kier molecular flexibility index (Phi) is 6.54. The Labute approximate surface area is 204 Å². The van der Waals surface area contributed by atoms with E-state index in [1.54, 1.807) is 43.5 Å². The third-order valence-electron chi connectivity index (χ3n) is 8.01. The number of ether oxygens (including phenoxy) is 2. The number of fused-ring (bicyclic) bond motifs is 1. The number of alkyl halides is 2. The Hall–Kier alpha value is -3.11. The van der Waals surface area contributed by atoms with E-state index >= 15 is 8.78 Å². The van der Waals surface area contributed by atoms with Gasteiger partial charge in [0.25, 0.3) is 5.92 Å². The number of methoxy groups -OCH3 is 1. The summed E-state index contributed by atoms with van der Waals surface area (Å²) in [5.74, 6) is -5.51. The summed E-state index contributed by atoms with van der Waals surface area (Å²) < 4.78 is 41.9. The molecule has 7 heteroatoms. The molecule has 2 fully saturated rings. The van der Waals surface area contributed by atoms with Gasteiger partial charge in [0.1, 0.15) is 6.10 Å². The number of carbonyl (C=O) groups excluding carboxylic acids is 1. The predicted molar refractivity (Wildman–Crippen MR) is 128 cm³/mol. The van der Waals surface area contributed by atoms with Crippen LogP contribution in [0, 0.1) is 28.6 Å². The van der Waals surface area contributed by atoms with Gasteiger partial charge in [-0.25, -0.2) is 13.6 Å². The van der Waals surface area contributed by atoms with Crippen LogP contribution in [0.15, 0.2) is 48.7 Å². The van der Waals surface area contributed by atoms with Crippen molar-refractivity contribution in [1.29, 1.82) is 5.26 Å². The number of pyridine rings is 1. The number of esters is 1. The number of halogens is 2. The van der Waals surface area contributed by atoms with Crippen molar-refractivity contribution < 1.29 is 23.0 Å². The second-order valence-corrected chi connectivity index (χ2v) is 9.61. The zero-order valence-corrected chi connectivity index (χ0v) is 20.4. The average Bonchev–Trinajstić information content (AvgIpc) is 3.05. The summed E-state index contributed by atoms with van der Waals surface area (Å²) in [5, 5.41) is 9.37. The molecule has 5 nitrogen and oxygen atoms in total. The van der Waals surface area contributed by atoms with Gasteiger partial charge in [0.2, 0.25) is 0 Å². The van der Waals surface area contributed by atoms with Crippen LogP contribution in [0.1, 0.15) is 51.3 Å². The van der Waals surface area contributed by atoms with Crippen molar-refractivity contribution >= 4 is 12.0 Å². The first kappa shape index (κ1) is 25.0. The van der Waals surface area contributed by atoms with E-state index in [1.807, 2.05) is 25.1 Å². The van der Waals surface area contributed by atoms with Gasteiger partial charge in [-0.15, -0.1) is 0 Å². The van der Waals surface area contributed by atoms with Crippen LogP contribution in [-0.2, 0) is 14.3 Å². The molecule has 0 radical (unpaired) electrons. The highest BCUT2D eigenvalue weighted by Gasteiger charge is 2.76. The van der Waals surface area contributed by atoms with Gasteiger partial charge in [-0.1, -0.05) is 50.6 Å². The van der Waals surface area contributed by atoms with E-state index in [0.29, 0.717) is 24.1 Å². The number of benzene rings is 1. The number of carbonyl (C=O) groups is 1. The van der Waals surface area contributed by atoms with Gasteiger partial charge >= 0.3 is 5.97 Å². The minimum Gasteiger partial charge on any atom is -0.460 e. The maximum Gasteiger partial charge on any atom is 0.339 e. The minimum atomic E-state index is -3.11. The number of hydrogen-bond donors (Lipinski definition) is 0. The highest BCUT2D eigenvalue weighted by atomic mass is 19.3. The first-order valence-corrected chi connectivity index (χ1v) is 11.9. The fourth-order valence-corrected chi connectivity index (χ4v) is 6.23. The van der Waals surface area contributed by atoms with E-state index in [4.69, 9.17) is 9.47 Å². The van der Waals surface area contributed by atoms with Crippen LogP contribution in [0.3, 0.4) is 0 Å². The van der Waals surface area contributed by atoms with Crippen LogP contribution in [0.2, 0.25) is 0 Å². The summed E-state index contributed by atoms with van der Waals surface area (Å²) >= 11 is 0. The molecule has 1 aliphatic heterocycles. The molecule has 0 N–H and O–H groups in total. The Morgan fingerprint density at radius 3 is 2.63 bits per heavy atom. The summed E-state index contributed by atoms with van der Waals surface area (Å²) in [6.45, 7) is 5.30. The smallest absolute Gasteiger partial charge is 0.339 e. The van der Waals surface area contributed by atoms with Gasteiger partial charge in [0, 0.05) is 30.4 Å². The van der Waals surface area contributed by atoms with Gasteiger partial charge in [0.05, 0.1) is 29.2 Å². The van der Waals surface area contributed by atoms with Crippen molar-refractivity contribution in [3.8, 4) is 17.2 Å². The van der Waals surface area contributed by atoms with Crippen molar-refractivity contribution in [2.75, 3.05) is 7.11 Å². The minimum absolute atomic E-state index is 0.514. The number of allylic oxidation sites excluding steroid dienone is 1. The molecule has 1 aromatic heterocycles. The molecular formula is C28H30F2N2O3. The highest BCUT2D eigenvalue weighted by Crippen LogP contribution is 2.65. The second kappa shape index (κ2) is 9.16. The molecule has 1 aliphatic carbocycles. The summed E-state index contributed by atoms with van der Waals surface area (Å²) in [5.41, 5.74) is 0.0923. The summed E-state index contributed by atoms with van der Waals surface area (Å²) in [7, 11) is 1.33. The third kappa shape index (κ3) is 3.75. The number of aromatic nitrogens is 1. The summed E-state index contributed by atoms with van der Waals surface area (Å²) in [6.07, 6.45) is 5.11. The number of nitrogens with zero attached hydrogens (tertiary/aromatic N) is 2. The Morgan fingerprint density at radius 1 is 1.26 bits per heavy atom. The van der Waals surface area contributed by atoms with E-state index in [2.05, 4.69) is 11.1 Å². The molecule has 1 saturated heterocycles. The predicted octanol–water partition coefficient (Wildman–Crippen LogP) is 6.04. The molecule has 0 bridgehead atoms. The number of rotatable bonds is 6. The maximum absolute atomic E-state index is 15.3.